The minimum Gasteiger partial charge on any atom is -0.394 e. The average molecular weight is 346 g/mol. The first-order valence-corrected chi connectivity index (χ1v) is 8.17. The van der Waals surface area contributed by atoms with Crippen molar-refractivity contribution in [2.45, 2.75) is 36.8 Å². The van der Waals surface area contributed by atoms with E-state index in [2.05, 4.69) is 0 Å². The van der Waals surface area contributed by atoms with E-state index in [4.69, 9.17) is 9.47 Å². The standard InChI is InChI=1S/C19H22O6/c20-11-14-15(21)16(22)17(23)19(24-14)25-18(12-7-3-1-4-8-12)13-9-5-2-6-10-13/h1-10,14-23H,11H2/t14-,15-,16+,17-,19?/m1/s1. The lowest BCUT2D eigenvalue weighted by Gasteiger charge is -2.41. The quantitative estimate of drug-likeness (QED) is 0.633. The lowest BCUT2D eigenvalue weighted by Crippen LogP contribution is -2.59. The van der Waals surface area contributed by atoms with Gasteiger partial charge in [-0.05, 0) is 11.1 Å². The van der Waals surface area contributed by atoms with Crippen molar-refractivity contribution >= 4 is 0 Å². The average Bonchev–Trinajstić information content (AvgIpc) is 2.67. The van der Waals surface area contributed by atoms with E-state index in [1.807, 2.05) is 60.7 Å². The van der Waals surface area contributed by atoms with Crippen molar-refractivity contribution in [2.24, 2.45) is 0 Å². The monoisotopic (exact) mass is 346 g/mol. The van der Waals surface area contributed by atoms with Gasteiger partial charge in [0.15, 0.2) is 6.29 Å². The number of benzene rings is 2. The Labute approximate surface area is 145 Å². The van der Waals surface area contributed by atoms with Gasteiger partial charge in [0.2, 0.25) is 0 Å². The minimum atomic E-state index is -1.47. The van der Waals surface area contributed by atoms with Gasteiger partial charge in [0.05, 0.1) is 6.61 Å². The van der Waals surface area contributed by atoms with Gasteiger partial charge in [-0.2, -0.15) is 0 Å². The highest BCUT2D eigenvalue weighted by Gasteiger charge is 2.45. The Morgan fingerprint density at radius 3 is 1.80 bits per heavy atom. The van der Waals surface area contributed by atoms with Crippen molar-refractivity contribution in [3.63, 3.8) is 0 Å². The number of aliphatic hydroxyl groups is 4. The third-order valence-electron chi connectivity index (χ3n) is 4.32. The first-order valence-electron chi connectivity index (χ1n) is 8.17. The first kappa shape index (κ1) is 18.0. The van der Waals surface area contributed by atoms with Gasteiger partial charge in [0, 0.05) is 0 Å². The van der Waals surface area contributed by atoms with Gasteiger partial charge in [-0.3, -0.25) is 0 Å². The second-order valence-electron chi connectivity index (χ2n) is 6.03. The summed E-state index contributed by atoms with van der Waals surface area (Å²) in [6, 6.07) is 18.8. The summed E-state index contributed by atoms with van der Waals surface area (Å²) >= 11 is 0. The molecule has 1 unspecified atom stereocenters. The first-order chi connectivity index (χ1) is 12.1. The Morgan fingerprint density at radius 2 is 1.32 bits per heavy atom. The molecule has 1 heterocycles. The molecule has 0 aliphatic carbocycles. The summed E-state index contributed by atoms with van der Waals surface area (Å²) in [6.07, 6.45) is -7.05. The molecule has 1 aliphatic heterocycles. The maximum absolute atomic E-state index is 10.2. The van der Waals surface area contributed by atoms with E-state index in [-0.39, 0.29) is 0 Å². The smallest absolute Gasteiger partial charge is 0.187 e. The number of hydrogen-bond donors (Lipinski definition) is 4. The SMILES string of the molecule is OC[C@H]1OC(OC(c2ccccc2)c2ccccc2)[C@H](O)[C@@H](O)[C@@H]1O. The maximum Gasteiger partial charge on any atom is 0.187 e. The summed E-state index contributed by atoms with van der Waals surface area (Å²) < 4.78 is 11.4. The fourth-order valence-electron chi connectivity index (χ4n) is 2.92. The molecule has 2 aromatic carbocycles. The Morgan fingerprint density at radius 1 is 0.800 bits per heavy atom. The van der Waals surface area contributed by atoms with E-state index in [9.17, 15) is 20.4 Å². The Balaban J connectivity index is 1.87. The molecule has 0 aromatic heterocycles. The predicted octanol–water partition coefficient (Wildman–Crippen LogP) is 0.592. The normalized spacial score (nSPS) is 29.7. The Hall–Kier alpha value is -1.80. The molecule has 1 aliphatic rings. The van der Waals surface area contributed by atoms with Crippen LogP contribution in [0.1, 0.15) is 17.2 Å². The molecule has 3 rings (SSSR count). The molecular formula is C19H22O6. The fraction of sp³-hybridized carbons (Fsp3) is 0.368. The van der Waals surface area contributed by atoms with Crippen LogP contribution in [-0.4, -0.2) is 57.7 Å². The largest absolute Gasteiger partial charge is 0.394 e. The molecule has 2 aromatic rings. The van der Waals surface area contributed by atoms with Gasteiger partial charge in [0.1, 0.15) is 30.5 Å². The van der Waals surface area contributed by atoms with Crippen LogP contribution in [0.2, 0.25) is 0 Å². The van der Waals surface area contributed by atoms with Crippen molar-refractivity contribution in [1.82, 2.24) is 0 Å². The maximum atomic E-state index is 10.2. The van der Waals surface area contributed by atoms with E-state index in [1.54, 1.807) is 0 Å². The molecule has 6 heteroatoms. The molecule has 0 bridgehead atoms. The van der Waals surface area contributed by atoms with Crippen LogP contribution < -0.4 is 0 Å². The molecule has 1 saturated heterocycles. The number of ether oxygens (including phenoxy) is 2. The molecule has 1 fully saturated rings. The highest BCUT2D eigenvalue weighted by atomic mass is 16.7. The van der Waals surface area contributed by atoms with Crippen molar-refractivity contribution in [1.29, 1.82) is 0 Å². The highest BCUT2D eigenvalue weighted by Crippen LogP contribution is 2.31. The van der Waals surface area contributed by atoms with E-state index in [0.29, 0.717) is 0 Å². The van der Waals surface area contributed by atoms with E-state index >= 15 is 0 Å². The zero-order valence-corrected chi connectivity index (χ0v) is 13.6. The summed E-state index contributed by atoms with van der Waals surface area (Å²) in [5.74, 6) is 0. The van der Waals surface area contributed by atoms with Crippen molar-refractivity contribution < 1.29 is 29.9 Å². The molecule has 134 valence electrons. The van der Waals surface area contributed by atoms with Crippen molar-refractivity contribution in [3.8, 4) is 0 Å². The van der Waals surface area contributed by atoms with Crippen LogP contribution in [0.5, 0.6) is 0 Å². The molecular weight excluding hydrogens is 324 g/mol. The Bertz CT molecular complexity index is 608. The van der Waals surface area contributed by atoms with Crippen LogP contribution >= 0.6 is 0 Å². The van der Waals surface area contributed by atoms with Crippen LogP contribution in [0.4, 0.5) is 0 Å². The predicted molar refractivity (Wildman–Crippen MR) is 89.6 cm³/mol. The van der Waals surface area contributed by atoms with E-state index in [0.717, 1.165) is 11.1 Å². The summed E-state index contributed by atoms with van der Waals surface area (Å²) in [6.45, 7) is -0.494. The van der Waals surface area contributed by atoms with Crippen molar-refractivity contribution in [2.75, 3.05) is 6.61 Å². The lowest BCUT2D eigenvalue weighted by molar-refractivity contribution is -0.309. The molecule has 0 saturated carbocycles. The van der Waals surface area contributed by atoms with Crippen LogP contribution in [-0.2, 0) is 9.47 Å². The molecule has 6 nitrogen and oxygen atoms in total. The van der Waals surface area contributed by atoms with Crippen molar-refractivity contribution in [3.05, 3.63) is 71.8 Å². The van der Waals surface area contributed by atoms with Gasteiger partial charge in [-0.25, -0.2) is 0 Å². The molecule has 0 spiro atoms. The van der Waals surface area contributed by atoms with Crippen LogP contribution in [0.3, 0.4) is 0 Å². The topological polar surface area (TPSA) is 99.4 Å². The third kappa shape index (κ3) is 3.90. The molecule has 5 atom stereocenters. The molecule has 0 radical (unpaired) electrons. The summed E-state index contributed by atoms with van der Waals surface area (Å²) in [5.41, 5.74) is 1.70. The lowest BCUT2D eigenvalue weighted by atomic mass is 9.98. The fourth-order valence-corrected chi connectivity index (χ4v) is 2.92. The van der Waals surface area contributed by atoms with E-state index < -0.39 is 43.4 Å². The Kier molecular flexibility index (Phi) is 5.80. The summed E-state index contributed by atoms with van der Waals surface area (Å²) in [4.78, 5) is 0. The molecule has 4 N–H and O–H groups in total. The van der Waals surface area contributed by atoms with Crippen LogP contribution in [0.15, 0.2) is 60.7 Å². The summed E-state index contributed by atoms with van der Waals surface area (Å²) in [7, 11) is 0. The van der Waals surface area contributed by atoms with Gasteiger partial charge in [-0.1, -0.05) is 60.7 Å². The van der Waals surface area contributed by atoms with Crippen LogP contribution in [0.25, 0.3) is 0 Å². The number of rotatable bonds is 5. The number of hydrogen-bond acceptors (Lipinski definition) is 6. The third-order valence-corrected chi connectivity index (χ3v) is 4.32. The minimum absolute atomic E-state index is 0.494. The van der Waals surface area contributed by atoms with Crippen LogP contribution in [0, 0.1) is 0 Å². The van der Waals surface area contributed by atoms with Gasteiger partial charge in [-0.15, -0.1) is 0 Å². The molecule has 25 heavy (non-hydrogen) atoms. The second-order valence-corrected chi connectivity index (χ2v) is 6.03. The molecule has 0 amide bonds. The van der Waals surface area contributed by atoms with E-state index in [1.165, 1.54) is 0 Å². The second kappa shape index (κ2) is 8.05. The zero-order valence-electron chi connectivity index (χ0n) is 13.6. The summed E-state index contributed by atoms with van der Waals surface area (Å²) in [5, 5.41) is 39.4. The van der Waals surface area contributed by atoms with Gasteiger partial charge in [0.25, 0.3) is 0 Å². The number of aliphatic hydroxyl groups excluding tert-OH is 4. The zero-order chi connectivity index (χ0) is 17.8. The van der Waals surface area contributed by atoms with Gasteiger partial charge >= 0.3 is 0 Å². The van der Waals surface area contributed by atoms with Gasteiger partial charge < -0.3 is 29.9 Å². The highest BCUT2D eigenvalue weighted by molar-refractivity contribution is 5.30.